The molecular weight excluding hydrogens is 912 g/mol. The number of anilines is 4. The number of alkyl halides is 3. The molecule has 0 aliphatic carbocycles. The van der Waals surface area contributed by atoms with Crippen LogP contribution in [0.4, 0.5) is 35.9 Å². The molecule has 2 aliphatic heterocycles. The Hall–Kier alpha value is -7.36. The summed E-state index contributed by atoms with van der Waals surface area (Å²) in [4.78, 5) is 34.8. The third kappa shape index (κ3) is 11.7. The first-order chi connectivity index (χ1) is 33.5. The summed E-state index contributed by atoms with van der Waals surface area (Å²) in [6, 6.07) is 18.3. The topological polar surface area (TPSA) is 212 Å². The van der Waals surface area contributed by atoms with Gasteiger partial charge in [-0.3, -0.25) is 14.6 Å². The number of halogens is 3. The van der Waals surface area contributed by atoms with E-state index in [-0.39, 0.29) is 24.2 Å². The number of hydrogen-bond donors (Lipinski definition) is 3. The van der Waals surface area contributed by atoms with Crippen molar-refractivity contribution < 1.29 is 46.8 Å². The first-order valence-electron chi connectivity index (χ1n) is 22.7. The van der Waals surface area contributed by atoms with E-state index in [1.54, 1.807) is 44.2 Å². The molecule has 4 aromatic heterocycles. The molecule has 6 aromatic rings. The highest BCUT2D eigenvalue weighted by Crippen LogP contribution is 2.36. The van der Waals surface area contributed by atoms with Crippen LogP contribution < -0.4 is 29.9 Å². The van der Waals surface area contributed by atoms with Gasteiger partial charge in [-0.15, -0.1) is 25.5 Å². The predicted molar refractivity (Wildman–Crippen MR) is 253 cm³/mol. The minimum absolute atomic E-state index is 0.255. The zero-order valence-corrected chi connectivity index (χ0v) is 39.2. The van der Waals surface area contributed by atoms with Gasteiger partial charge < -0.3 is 44.5 Å². The van der Waals surface area contributed by atoms with E-state index in [0.717, 1.165) is 28.6 Å². The van der Waals surface area contributed by atoms with Crippen LogP contribution in [0.25, 0.3) is 22.5 Å². The van der Waals surface area contributed by atoms with Gasteiger partial charge in [-0.2, -0.15) is 18.3 Å². The number of aromatic nitrogens is 7. The first kappa shape index (κ1) is 49.1. The van der Waals surface area contributed by atoms with Crippen molar-refractivity contribution in [1.29, 1.82) is 0 Å². The average Bonchev–Trinajstić information content (AvgIpc) is 3.35. The van der Waals surface area contributed by atoms with Gasteiger partial charge in [0.15, 0.2) is 5.69 Å². The van der Waals surface area contributed by atoms with Crippen LogP contribution in [0, 0.1) is 13.8 Å². The molecule has 21 heteroatoms. The Labute approximate surface area is 401 Å². The Morgan fingerprint density at radius 3 is 1.94 bits per heavy atom. The normalized spacial score (nSPS) is 15.4. The van der Waals surface area contributed by atoms with Gasteiger partial charge >= 0.3 is 6.18 Å². The summed E-state index contributed by atoms with van der Waals surface area (Å²) < 4.78 is 64.0. The van der Waals surface area contributed by atoms with Crippen molar-refractivity contribution >= 4 is 34.6 Å². The van der Waals surface area contributed by atoms with Crippen LogP contribution >= 0.6 is 0 Å². The summed E-state index contributed by atoms with van der Waals surface area (Å²) in [7, 11) is 0. The lowest BCUT2D eigenvalue weighted by Crippen LogP contribution is -2.43. The van der Waals surface area contributed by atoms with Gasteiger partial charge in [0, 0.05) is 66.9 Å². The second kappa shape index (κ2) is 21.1. The first-order valence-corrected chi connectivity index (χ1v) is 22.7. The van der Waals surface area contributed by atoms with Gasteiger partial charge in [-0.25, -0.2) is 0 Å². The van der Waals surface area contributed by atoms with E-state index >= 15 is 0 Å². The fourth-order valence-electron chi connectivity index (χ4n) is 7.90. The van der Waals surface area contributed by atoms with Crippen molar-refractivity contribution in [2.75, 3.05) is 79.6 Å². The van der Waals surface area contributed by atoms with E-state index < -0.39 is 23.4 Å². The SMILES string of the molecule is CCOc1nnc(-c2cc(NC(=O)c3cnnc(C(F)(F)F)c3)ccc2C)cc1N1CCOC(CCOc2nnc(-c3cc(NC(=O)c4ccnc(C(C)(C)O)c4)ccc3C)cc2N2CCOCC2)C1. The molecule has 70 heavy (non-hydrogen) atoms. The fourth-order valence-corrected chi connectivity index (χ4v) is 7.90. The summed E-state index contributed by atoms with van der Waals surface area (Å²) in [5.41, 5.74) is 4.49. The lowest BCUT2D eigenvalue weighted by molar-refractivity contribution is -0.141. The number of carbonyl (C=O) groups excluding carboxylic acids is 2. The lowest BCUT2D eigenvalue weighted by atomic mass is 10.0. The second-order valence-corrected chi connectivity index (χ2v) is 17.2. The molecule has 0 spiro atoms. The van der Waals surface area contributed by atoms with Crippen LogP contribution in [0.3, 0.4) is 0 Å². The molecule has 18 nitrogen and oxygen atoms in total. The molecule has 0 bridgehead atoms. The molecule has 2 amide bonds. The number of carbonyl (C=O) groups is 2. The van der Waals surface area contributed by atoms with E-state index in [2.05, 4.69) is 56.0 Å². The number of aliphatic hydroxyl groups is 1. The standard InChI is InChI=1S/C49H52F3N11O7/c1-6-68-46-41(26-39(57-60-46)37-24-34(10-8-30(37)3)56-45(65)32-22-43(49(50,51)52)59-54-27-32)63-16-20-69-35(28-63)12-17-70-47-40(62-14-18-67-19-15-62)25-38(58-61-47)36-23-33(9-7-29(36)2)55-44(64)31-11-13-53-42(21-31)48(4,5)66/h7-11,13,21-27,35,66H,6,12,14-20,28H2,1-5H3,(H,55,64)(H,56,65). The molecule has 2 aliphatic rings. The number of pyridine rings is 1. The quantitative estimate of drug-likeness (QED) is 0.0940. The number of aryl methyl sites for hydroxylation is 2. The van der Waals surface area contributed by atoms with E-state index in [1.165, 1.54) is 6.20 Å². The van der Waals surface area contributed by atoms with Crippen LogP contribution in [0.5, 0.6) is 11.8 Å². The number of rotatable bonds is 15. The smallest absolute Gasteiger partial charge is 0.435 e. The zero-order chi connectivity index (χ0) is 49.6. The monoisotopic (exact) mass is 963 g/mol. The molecule has 0 radical (unpaired) electrons. The largest absolute Gasteiger partial charge is 0.475 e. The molecule has 1 atom stereocenters. The predicted octanol–water partition coefficient (Wildman–Crippen LogP) is 7.06. The van der Waals surface area contributed by atoms with Crippen molar-refractivity contribution in [1.82, 2.24) is 35.6 Å². The Bertz CT molecular complexity index is 2860. The highest BCUT2D eigenvalue weighted by molar-refractivity contribution is 6.05. The van der Waals surface area contributed by atoms with Gasteiger partial charge in [0.05, 0.1) is 68.0 Å². The van der Waals surface area contributed by atoms with E-state index in [9.17, 15) is 27.9 Å². The molecule has 1 unspecified atom stereocenters. The van der Waals surface area contributed by atoms with Crippen LogP contribution in [0.1, 0.15) is 70.4 Å². The van der Waals surface area contributed by atoms with Gasteiger partial charge in [0.2, 0.25) is 0 Å². The van der Waals surface area contributed by atoms with Gasteiger partial charge in [-0.1, -0.05) is 12.1 Å². The van der Waals surface area contributed by atoms with Gasteiger partial charge in [0.25, 0.3) is 23.6 Å². The third-order valence-corrected chi connectivity index (χ3v) is 11.7. The lowest BCUT2D eigenvalue weighted by Gasteiger charge is -2.35. The summed E-state index contributed by atoms with van der Waals surface area (Å²) in [6.07, 6.45) is -2.05. The van der Waals surface area contributed by atoms with E-state index in [1.807, 2.05) is 51.1 Å². The molecule has 0 saturated carbocycles. The summed E-state index contributed by atoms with van der Waals surface area (Å²) in [5, 5.41) is 40.6. The Morgan fingerprint density at radius 1 is 0.743 bits per heavy atom. The van der Waals surface area contributed by atoms with Crippen LogP contribution in [-0.2, 0) is 21.3 Å². The molecular formula is C49H52F3N11O7. The molecule has 366 valence electrons. The minimum atomic E-state index is -4.76. The zero-order valence-electron chi connectivity index (χ0n) is 39.2. The molecule has 6 heterocycles. The van der Waals surface area contributed by atoms with Crippen molar-refractivity contribution in [3.8, 4) is 34.3 Å². The van der Waals surface area contributed by atoms with Crippen molar-refractivity contribution in [2.24, 2.45) is 0 Å². The molecule has 3 N–H and O–H groups in total. The van der Waals surface area contributed by atoms with Crippen LogP contribution in [0.2, 0.25) is 0 Å². The number of amides is 2. The van der Waals surface area contributed by atoms with E-state index in [0.29, 0.717) is 122 Å². The highest BCUT2D eigenvalue weighted by Gasteiger charge is 2.34. The Balaban J connectivity index is 0.962. The van der Waals surface area contributed by atoms with Crippen LogP contribution in [0.15, 0.2) is 79.1 Å². The molecule has 2 aromatic carbocycles. The second-order valence-electron chi connectivity index (χ2n) is 17.2. The minimum Gasteiger partial charge on any atom is -0.475 e. The summed E-state index contributed by atoms with van der Waals surface area (Å²) in [6.45, 7) is 13.2. The molecule has 2 saturated heterocycles. The Kier molecular flexibility index (Phi) is 14.8. The maximum absolute atomic E-state index is 13.3. The Morgan fingerprint density at radius 2 is 1.33 bits per heavy atom. The number of morpholine rings is 2. The number of nitrogens with zero attached hydrogens (tertiary/aromatic N) is 9. The number of nitrogens with one attached hydrogen (secondary N) is 2. The van der Waals surface area contributed by atoms with Crippen molar-refractivity contribution in [3.63, 3.8) is 0 Å². The van der Waals surface area contributed by atoms with E-state index in [4.69, 9.17) is 18.9 Å². The van der Waals surface area contributed by atoms with Crippen LogP contribution in [-0.4, -0.2) is 118 Å². The molecule has 8 rings (SSSR count). The number of hydrogen-bond acceptors (Lipinski definition) is 16. The number of benzene rings is 2. The summed E-state index contributed by atoms with van der Waals surface area (Å²) >= 11 is 0. The van der Waals surface area contributed by atoms with Crippen molar-refractivity contribution in [3.05, 3.63) is 113 Å². The third-order valence-electron chi connectivity index (χ3n) is 11.7. The maximum Gasteiger partial charge on any atom is 0.435 e. The maximum atomic E-state index is 13.3. The average molecular weight is 964 g/mol. The van der Waals surface area contributed by atoms with Gasteiger partial charge in [0.1, 0.15) is 17.0 Å². The highest BCUT2D eigenvalue weighted by atomic mass is 19.4. The molecule has 2 fully saturated rings. The van der Waals surface area contributed by atoms with Crippen molar-refractivity contribution in [2.45, 2.75) is 58.9 Å². The summed E-state index contributed by atoms with van der Waals surface area (Å²) in [5.74, 6) is -0.447. The number of ether oxygens (including phenoxy) is 4. The fraction of sp³-hybridized carbons (Fsp3) is 0.367. The van der Waals surface area contributed by atoms with Gasteiger partial charge in [-0.05, 0) is 100 Å².